The molecule has 1 amide bonds. The lowest BCUT2D eigenvalue weighted by molar-refractivity contribution is -0.133. The van der Waals surface area contributed by atoms with Crippen molar-refractivity contribution in [2.45, 2.75) is 44.1 Å². The molecule has 3 nitrogen and oxygen atoms in total. The Kier molecular flexibility index (Phi) is 2.94. The van der Waals surface area contributed by atoms with E-state index in [4.69, 9.17) is 0 Å². The summed E-state index contributed by atoms with van der Waals surface area (Å²) in [5.41, 5.74) is 0.546. The zero-order valence-corrected chi connectivity index (χ0v) is 11.5. The number of amides is 1. The predicted molar refractivity (Wildman–Crippen MR) is 71.8 cm³/mol. The molecule has 1 N–H and O–H groups in total. The molecule has 2 aliphatic rings. The number of β-amino-alcohol motifs (C(OH)–C–C–N with tert-alkyl or cyclic N) is 1. The van der Waals surface area contributed by atoms with E-state index in [0.29, 0.717) is 19.5 Å². The zero-order chi connectivity index (χ0) is 12.8. The highest BCUT2D eigenvalue weighted by Gasteiger charge is 2.38. The summed E-state index contributed by atoms with van der Waals surface area (Å²) in [5, 5.41) is 12.1. The lowest BCUT2D eigenvalue weighted by atomic mass is 9.87. The Bertz CT molecular complexity index is 466. The van der Waals surface area contributed by atoms with Gasteiger partial charge in [0, 0.05) is 18.0 Å². The molecule has 0 aromatic carbocycles. The number of nitrogens with zero attached hydrogens (tertiary/aromatic N) is 1. The molecule has 1 aromatic heterocycles. The van der Waals surface area contributed by atoms with Crippen LogP contribution >= 0.6 is 11.3 Å². The van der Waals surface area contributed by atoms with Crippen LogP contribution in [0.3, 0.4) is 0 Å². The molecule has 0 spiro atoms. The molecule has 1 aliphatic heterocycles. The van der Waals surface area contributed by atoms with Crippen LogP contribution in [0.4, 0.5) is 0 Å². The van der Waals surface area contributed by atoms with E-state index in [1.165, 1.54) is 10.4 Å². The molecule has 1 fully saturated rings. The number of thiophene rings is 1. The van der Waals surface area contributed by atoms with Gasteiger partial charge in [-0.1, -0.05) is 0 Å². The minimum absolute atomic E-state index is 0.0360. The second-order valence-corrected chi connectivity index (χ2v) is 6.75. The van der Waals surface area contributed by atoms with Crippen LogP contribution < -0.4 is 0 Å². The molecule has 1 aromatic rings. The van der Waals surface area contributed by atoms with Crippen molar-refractivity contribution >= 4 is 17.2 Å². The van der Waals surface area contributed by atoms with E-state index in [2.05, 4.69) is 11.4 Å². The first-order valence-electron chi connectivity index (χ1n) is 6.64. The Morgan fingerprint density at radius 1 is 1.61 bits per heavy atom. The number of aliphatic hydroxyl groups is 1. The van der Waals surface area contributed by atoms with E-state index in [9.17, 15) is 9.90 Å². The molecule has 2 atom stereocenters. The van der Waals surface area contributed by atoms with E-state index in [1.807, 2.05) is 11.8 Å². The fraction of sp³-hybridized carbons (Fsp3) is 0.643. The van der Waals surface area contributed by atoms with Gasteiger partial charge in [-0.3, -0.25) is 4.79 Å². The highest BCUT2D eigenvalue weighted by atomic mass is 32.1. The van der Waals surface area contributed by atoms with E-state index < -0.39 is 5.60 Å². The van der Waals surface area contributed by atoms with Crippen LogP contribution in [0.2, 0.25) is 0 Å². The van der Waals surface area contributed by atoms with Crippen LogP contribution in [0.5, 0.6) is 0 Å². The van der Waals surface area contributed by atoms with Crippen LogP contribution in [0.25, 0.3) is 0 Å². The summed E-state index contributed by atoms with van der Waals surface area (Å²) >= 11 is 1.77. The summed E-state index contributed by atoms with van der Waals surface area (Å²) in [6.07, 6.45) is 3.88. The molecule has 18 heavy (non-hydrogen) atoms. The SMILES string of the molecule is CC1(O)CCN(C(=O)C2CCCc3sccc32)C1. The summed E-state index contributed by atoms with van der Waals surface area (Å²) < 4.78 is 0. The topological polar surface area (TPSA) is 40.5 Å². The highest BCUT2D eigenvalue weighted by Crippen LogP contribution is 2.37. The minimum Gasteiger partial charge on any atom is -0.388 e. The number of carbonyl (C=O) groups excluding carboxylic acids is 1. The Morgan fingerprint density at radius 3 is 3.17 bits per heavy atom. The van der Waals surface area contributed by atoms with Gasteiger partial charge in [0.05, 0.1) is 11.5 Å². The third-order valence-corrected chi connectivity index (χ3v) is 5.11. The van der Waals surface area contributed by atoms with Crippen LogP contribution in [-0.4, -0.2) is 34.6 Å². The van der Waals surface area contributed by atoms with Gasteiger partial charge in [-0.05, 0) is 49.6 Å². The van der Waals surface area contributed by atoms with Crippen molar-refractivity contribution in [3.05, 3.63) is 21.9 Å². The van der Waals surface area contributed by atoms with Gasteiger partial charge in [-0.2, -0.15) is 0 Å². The largest absolute Gasteiger partial charge is 0.388 e. The first-order valence-corrected chi connectivity index (χ1v) is 7.52. The first kappa shape index (κ1) is 12.2. The highest BCUT2D eigenvalue weighted by molar-refractivity contribution is 7.10. The van der Waals surface area contributed by atoms with Crippen molar-refractivity contribution in [1.82, 2.24) is 4.90 Å². The number of fused-ring (bicyclic) bond motifs is 1. The van der Waals surface area contributed by atoms with Gasteiger partial charge in [-0.15, -0.1) is 11.3 Å². The number of hydrogen-bond donors (Lipinski definition) is 1. The van der Waals surface area contributed by atoms with E-state index in [1.54, 1.807) is 11.3 Å². The summed E-state index contributed by atoms with van der Waals surface area (Å²) in [6.45, 7) is 3.00. The molecule has 0 bridgehead atoms. The van der Waals surface area contributed by atoms with Gasteiger partial charge in [0.1, 0.15) is 0 Å². The zero-order valence-electron chi connectivity index (χ0n) is 10.7. The first-order chi connectivity index (χ1) is 8.57. The molecule has 1 saturated heterocycles. The Morgan fingerprint density at radius 2 is 2.44 bits per heavy atom. The second-order valence-electron chi connectivity index (χ2n) is 5.75. The molecule has 3 rings (SSSR count). The van der Waals surface area contributed by atoms with E-state index in [0.717, 1.165) is 19.3 Å². The quantitative estimate of drug-likeness (QED) is 0.845. The average Bonchev–Trinajstić information content (AvgIpc) is 2.93. The van der Waals surface area contributed by atoms with Crippen LogP contribution in [0.15, 0.2) is 11.4 Å². The van der Waals surface area contributed by atoms with Crippen LogP contribution in [0, 0.1) is 0 Å². The maximum atomic E-state index is 12.6. The van der Waals surface area contributed by atoms with Gasteiger partial charge in [0.15, 0.2) is 0 Å². The average molecular weight is 265 g/mol. The van der Waals surface area contributed by atoms with Crippen molar-refractivity contribution in [3.63, 3.8) is 0 Å². The third kappa shape index (κ3) is 2.08. The Labute approximate surface area is 111 Å². The third-order valence-electron chi connectivity index (χ3n) is 4.11. The fourth-order valence-electron chi connectivity index (χ4n) is 3.10. The Balaban J connectivity index is 1.79. The lowest BCUT2D eigenvalue weighted by Crippen LogP contribution is -2.37. The second kappa shape index (κ2) is 4.35. The van der Waals surface area contributed by atoms with Crippen molar-refractivity contribution in [2.24, 2.45) is 0 Å². The predicted octanol–water partition coefficient (Wildman–Crippen LogP) is 2.15. The van der Waals surface area contributed by atoms with Gasteiger partial charge in [0.25, 0.3) is 0 Å². The molecular formula is C14H19NO2S. The smallest absolute Gasteiger partial charge is 0.230 e. The number of rotatable bonds is 1. The molecule has 98 valence electrons. The van der Waals surface area contributed by atoms with Crippen molar-refractivity contribution < 1.29 is 9.90 Å². The molecule has 2 unspecified atom stereocenters. The number of hydrogen-bond acceptors (Lipinski definition) is 3. The van der Waals surface area contributed by atoms with E-state index >= 15 is 0 Å². The molecule has 0 saturated carbocycles. The number of aryl methyl sites for hydroxylation is 1. The van der Waals surface area contributed by atoms with E-state index in [-0.39, 0.29) is 11.8 Å². The monoisotopic (exact) mass is 265 g/mol. The maximum absolute atomic E-state index is 12.6. The molecule has 4 heteroatoms. The molecule has 0 radical (unpaired) electrons. The summed E-state index contributed by atoms with van der Waals surface area (Å²) in [7, 11) is 0. The number of carbonyl (C=O) groups is 1. The number of likely N-dealkylation sites (tertiary alicyclic amines) is 1. The summed E-state index contributed by atoms with van der Waals surface area (Å²) in [4.78, 5) is 15.8. The summed E-state index contributed by atoms with van der Waals surface area (Å²) in [6, 6.07) is 2.11. The minimum atomic E-state index is -0.693. The van der Waals surface area contributed by atoms with Crippen molar-refractivity contribution in [1.29, 1.82) is 0 Å². The molecule has 2 heterocycles. The molecule has 1 aliphatic carbocycles. The van der Waals surface area contributed by atoms with Gasteiger partial charge < -0.3 is 10.0 Å². The van der Waals surface area contributed by atoms with Gasteiger partial charge in [-0.25, -0.2) is 0 Å². The van der Waals surface area contributed by atoms with Gasteiger partial charge in [0.2, 0.25) is 5.91 Å². The standard InChI is InChI=1S/C14H19NO2S/c1-14(17)6-7-15(9-14)13(16)11-3-2-4-12-10(11)5-8-18-12/h5,8,11,17H,2-4,6-7,9H2,1H3. The van der Waals surface area contributed by atoms with Crippen molar-refractivity contribution in [3.8, 4) is 0 Å². The van der Waals surface area contributed by atoms with Crippen LogP contribution in [0.1, 0.15) is 42.5 Å². The van der Waals surface area contributed by atoms with Crippen molar-refractivity contribution in [2.75, 3.05) is 13.1 Å². The maximum Gasteiger partial charge on any atom is 0.230 e. The Hall–Kier alpha value is -0.870. The molecular weight excluding hydrogens is 246 g/mol. The fourth-order valence-corrected chi connectivity index (χ4v) is 4.08. The summed E-state index contributed by atoms with van der Waals surface area (Å²) in [5.74, 6) is 0.251. The van der Waals surface area contributed by atoms with Crippen LogP contribution in [-0.2, 0) is 11.2 Å². The van der Waals surface area contributed by atoms with Gasteiger partial charge >= 0.3 is 0 Å². The normalized spacial score (nSPS) is 31.4. The lowest BCUT2D eigenvalue weighted by Gasteiger charge is -2.27.